The van der Waals surface area contributed by atoms with Crippen molar-refractivity contribution in [2.75, 3.05) is 6.61 Å². The normalized spacial score (nSPS) is 16.9. The van der Waals surface area contributed by atoms with Crippen LogP contribution in [0.4, 0.5) is 0 Å². The number of fused-ring (bicyclic) bond motifs is 1. The monoisotopic (exact) mass is 357 g/mol. The van der Waals surface area contributed by atoms with Crippen molar-refractivity contribution >= 4 is 23.4 Å². The van der Waals surface area contributed by atoms with Crippen LogP contribution >= 0.6 is 11.6 Å². The Morgan fingerprint density at radius 1 is 1.36 bits per heavy atom. The number of hydrogen-bond donors (Lipinski definition) is 1. The summed E-state index contributed by atoms with van der Waals surface area (Å²) in [7, 11) is 0. The molecule has 0 amide bonds. The molecule has 0 spiro atoms. The third kappa shape index (κ3) is 3.40. The highest BCUT2D eigenvalue weighted by Crippen LogP contribution is 2.37. The zero-order valence-corrected chi connectivity index (χ0v) is 15.0. The van der Waals surface area contributed by atoms with Crippen LogP contribution in [0.1, 0.15) is 56.9 Å². The van der Waals surface area contributed by atoms with Crippen molar-refractivity contribution in [2.24, 2.45) is 0 Å². The summed E-state index contributed by atoms with van der Waals surface area (Å²) < 4.78 is 5.20. The summed E-state index contributed by atoms with van der Waals surface area (Å²) in [4.78, 5) is 28.0. The second-order valence-corrected chi connectivity index (χ2v) is 6.60. The van der Waals surface area contributed by atoms with Crippen molar-refractivity contribution in [3.05, 3.63) is 69.5 Å². The number of aromatic amines is 1. The molecule has 4 nitrogen and oxygen atoms in total. The van der Waals surface area contributed by atoms with Crippen LogP contribution in [-0.2, 0) is 11.2 Å². The fourth-order valence-electron chi connectivity index (χ4n) is 3.36. The number of carbonyl (C=O) groups excluding carboxylic acids is 2. The molecule has 0 radical (unpaired) electrons. The number of benzene rings is 1. The molecule has 5 heteroatoms. The lowest BCUT2D eigenvalue weighted by atomic mass is 9.81. The zero-order chi connectivity index (χ0) is 18.0. The van der Waals surface area contributed by atoms with E-state index >= 15 is 0 Å². The molecule has 1 aromatic heterocycles. The van der Waals surface area contributed by atoms with Crippen LogP contribution < -0.4 is 0 Å². The summed E-state index contributed by atoms with van der Waals surface area (Å²) >= 11 is 6.29. The van der Waals surface area contributed by atoms with Crippen LogP contribution in [0.5, 0.6) is 0 Å². The van der Waals surface area contributed by atoms with Crippen LogP contribution in [-0.4, -0.2) is 23.3 Å². The molecule has 0 saturated carbocycles. The van der Waals surface area contributed by atoms with Crippen LogP contribution in [0.15, 0.2) is 36.4 Å². The van der Waals surface area contributed by atoms with E-state index in [9.17, 15) is 9.59 Å². The summed E-state index contributed by atoms with van der Waals surface area (Å²) in [5.41, 5.74) is 3.41. The summed E-state index contributed by atoms with van der Waals surface area (Å²) in [6, 6.07) is 7.58. The average molecular weight is 358 g/mol. The summed E-state index contributed by atoms with van der Waals surface area (Å²) in [5.74, 6) is -0.391. The number of hydrogen-bond acceptors (Lipinski definition) is 3. The van der Waals surface area contributed by atoms with Gasteiger partial charge in [0.2, 0.25) is 0 Å². The lowest BCUT2D eigenvalue weighted by Crippen LogP contribution is -2.18. The number of esters is 1. The number of rotatable bonds is 4. The van der Waals surface area contributed by atoms with Crippen molar-refractivity contribution < 1.29 is 14.3 Å². The van der Waals surface area contributed by atoms with Crippen molar-refractivity contribution in [1.29, 1.82) is 0 Å². The van der Waals surface area contributed by atoms with E-state index in [-0.39, 0.29) is 18.3 Å². The number of carbonyl (C=O) groups is 2. The predicted octanol–water partition coefficient (Wildman–Crippen LogP) is 4.62. The molecule has 0 bridgehead atoms. The summed E-state index contributed by atoms with van der Waals surface area (Å²) in [6.45, 7) is 3.86. The quantitative estimate of drug-likeness (QED) is 0.641. The Hall–Kier alpha value is -2.33. The number of ether oxygens (including phenoxy) is 1. The second-order valence-electron chi connectivity index (χ2n) is 6.20. The minimum atomic E-state index is -0.438. The Morgan fingerprint density at radius 2 is 2.12 bits per heavy atom. The van der Waals surface area contributed by atoms with Gasteiger partial charge in [-0.05, 0) is 43.4 Å². The third-order valence-electron chi connectivity index (χ3n) is 4.58. The van der Waals surface area contributed by atoms with Crippen molar-refractivity contribution in [3.63, 3.8) is 0 Å². The Kier molecular flexibility index (Phi) is 5.09. The smallest absolute Gasteiger partial charge is 0.355 e. The maximum absolute atomic E-state index is 12.7. The Bertz CT molecular complexity index is 851. The molecule has 3 rings (SSSR count). The van der Waals surface area contributed by atoms with Crippen LogP contribution in [0.3, 0.4) is 0 Å². The largest absolute Gasteiger partial charge is 0.457 e. The molecule has 2 aromatic rings. The minimum absolute atomic E-state index is 0.0126. The van der Waals surface area contributed by atoms with Gasteiger partial charge in [-0.1, -0.05) is 42.0 Å². The van der Waals surface area contributed by atoms with Gasteiger partial charge in [0, 0.05) is 22.7 Å². The highest BCUT2D eigenvalue weighted by molar-refractivity contribution is 6.31. The molecular weight excluding hydrogens is 338 g/mol. The first kappa shape index (κ1) is 17.5. The van der Waals surface area contributed by atoms with Crippen LogP contribution in [0.2, 0.25) is 5.02 Å². The van der Waals surface area contributed by atoms with E-state index in [2.05, 4.69) is 4.98 Å². The molecule has 25 heavy (non-hydrogen) atoms. The van der Waals surface area contributed by atoms with Gasteiger partial charge in [0.15, 0.2) is 5.78 Å². The van der Waals surface area contributed by atoms with Gasteiger partial charge >= 0.3 is 5.97 Å². The molecular formula is C20H20ClNO3. The maximum atomic E-state index is 12.7. The van der Waals surface area contributed by atoms with Gasteiger partial charge < -0.3 is 9.72 Å². The number of H-pyrrole nitrogens is 1. The fourth-order valence-corrected chi connectivity index (χ4v) is 3.65. The highest BCUT2D eigenvalue weighted by Gasteiger charge is 2.32. The van der Waals surface area contributed by atoms with Gasteiger partial charge in [-0.2, -0.15) is 0 Å². The van der Waals surface area contributed by atoms with E-state index in [0.29, 0.717) is 34.7 Å². The Labute approximate surface area is 151 Å². The van der Waals surface area contributed by atoms with E-state index in [4.69, 9.17) is 16.3 Å². The molecule has 1 heterocycles. The van der Waals surface area contributed by atoms with Crippen molar-refractivity contribution in [2.45, 2.75) is 32.6 Å². The Balaban J connectivity index is 1.89. The number of ketones is 1. The number of aromatic nitrogens is 1. The SMILES string of the molecule is C/C=C/COC(=O)c1[nH]c2c(c1C)C(=O)C[C@@H](c1ccccc1Cl)C2. The second kappa shape index (κ2) is 7.28. The molecule has 1 aliphatic carbocycles. The molecule has 0 unspecified atom stereocenters. The van der Waals surface area contributed by atoms with Gasteiger partial charge in [-0.15, -0.1) is 0 Å². The topological polar surface area (TPSA) is 59.2 Å². The third-order valence-corrected chi connectivity index (χ3v) is 4.93. The van der Waals surface area contributed by atoms with Crippen LogP contribution in [0.25, 0.3) is 0 Å². The number of Topliss-reactive ketones (excluding diaryl/α,β-unsaturated/α-hetero) is 1. The zero-order valence-electron chi connectivity index (χ0n) is 14.3. The standard InChI is InChI=1S/C20H20ClNO3/c1-3-4-9-25-20(24)19-12(2)18-16(22-19)10-13(11-17(18)23)14-7-5-6-8-15(14)21/h3-8,13,22H,9-11H2,1-2H3/b4-3+/t13-/m0/s1. The average Bonchev–Trinajstić information content (AvgIpc) is 2.92. The number of nitrogens with one attached hydrogen (secondary N) is 1. The first-order valence-electron chi connectivity index (χ1n) is 8.30. The first-order chi connectivity index (χ1) is 12.0. The highest BCUT2D eigenvalue weighted by atomic mass is 35.5. The molecule has 0 aliphatic heterocycles. The number of allylic oxidation sites excluding steroid dienone is 1. The van der Waals surface area contributed by atoms with Crippen LogP contribution in [0, 0.1) is 6.92 Å². The van der Waals surface area contributed by atoms with Gasteiger partial charge in [-0.25, -0.2) is 4.79 Å². The molecule has 1 aliphatic rings. The predicted molar refractivity (Wildman–Crippen MR) is 97.5 cm³/mol. The molecule has 1 aromatic carbocycles. The van der Waals surface area contributed by atoms with Gasteiger partial charge in [0.1, 0.15) is 12.3 Å². The maximum Gasteiger partial charge on any atom is 0.355 e. The summed E-state index contributed by atoms with van der Waals surface area (Å²) in [5, 5.41) is 0.665. The van der Waals surface area contributed by atoms with E-state index in [1.54, 1.807) is 13.0 Å². The fraction of sp³-hybridized carbons (Fsp3) is 0.300. The summed E-state index contributed by atoms with van der Waals surface area (Å²) in [6.07, 6.45) is 4.61. The van der Waals surface area contributed by atoms with Gasteiger partial charge in [0.05, 0.1) is 0 Å². The minimum Gasteiger partial charge on any atom is -0.457 e. The Morgan fingerprint density at radius 3 is 2.84 bits per heavy atom. The molecule has 1 atom stereocenters. The van der Waals surface area contributed by atoms with E-state index < -0.39 is 5.97 Å². The molecule has 0 saturated heterocycles. The van der Waals surface area contributed by atoms with E-state index in [1.165, 1.54) is 0 Å². The molecule has 0 fully saturated rings. The van der Waals surface area contributed by atoms with Crippen molar-refractivity contribution in [1.82, 2.24) is 4.98 Å². The van der Waals surface area contributed by atoms with E-state index in [1.807, 2.05) is 37.3 Å². The number of halogens is 1. The molecule has 130 valence electrons. The lowest BCUT2D eigenvalue weighted by Gasteiger charge is -2.22. The lowest BCUT2D eigenvalue weighted by molar-refractivity contribution is 0.0542. The van der Waals surface area contributed by atoms with Gasteiger partial charge in [-0.3, -0.25) is 4.79 Å². The molecule has 1 N–H and O–H groups in total. The first-order valence-corrected chi connectivity index (χ1v) is 8.68. The van der Waals surface area contributed by atoms with E-state index in [0.717, 1.165) is 11.3 Å². The van der Waals surface area contributed by atoms with Crippen molar-refractivity contribution in [3.8, 4) is 0 Å². The van der Waals surface area contributed by atoms with Gasteiger partial charge in [0.25, 0.3) is 0 Å².